The molecule has 0 aromatic heterocycles. The van der Waals surface area contributed by atoms with Crippen molar-refractivity contribution < 1.29 is 9.53 Å². The molecule has 17 heavy (non-hydrogen) atoms. The highest BCUT2D eigenvalue weighted by Gasteiger charge is 2.34. The van der Waals surface area contributed by atoms with Crippen molar-refractivity contribution in [1.82, 2.24) is 0 Å². The maximum Gasteiger partial charge on any atom is 0.218 e. The topological polar surface area (TPSA) is 52.3 Å². The summed E-state index contributed by atoms with van der Waals surface area (Å²) in [6.45, 7) is 0. The maximum atomic E-state index is 11.1. The number of carbonyl (C=O) groups is 1. The molecule has 1 amide bonds. The number of ether oxygens (including phenoxy) is 1. The van der Waals surface area contributed by atoms with Crippen LogP contribution in [0.2, 0.25) is 5.02 Å². The summed E-state index contributed by atoms with van der Waals surface area (Å²) in [6, 6.07) is 5.51. The van der Waals surface area contributed by atoms with Gasteiger partial charge in [0.25, 0.3) is 0 Å². The SMILES string of the molecule is COc1ccc(Cl)cc1C(CC(N)=O)C1CC1. The van der Waals surface area contributed by atoms with E-state index >= 15 is 0 Å². The minimum absolute atomic E-state index is 0.140. The fraction of sp³-hybridized carbons (Fsp3) is 0.462. The summed E-state index contributed by atoms with van der Waals surface area (Å²) in [5.41, 5.74) is 6.31. The summed E-state index contributed by atoms with van der Waals surface area (Å²) in [5, 5.41) is 0.663. The molecule has 0 saturated heterocycles. The molecular formula is C13H16ClNO2. The Labute approximate surface area is 106 Å². The summed E-state index contributed by atoms with van der Waals surface area (Å²) in [7, 11) is 1.63. The summed E-state index contributed by atoms with van der Waals surface area (Å²) in [4.78, 5) is 11.1. The number of hydrogen-bond acceptors (Lipinski definition) is 2. The van der Waals surface area contributed by atoms with Gasteiger partial charge >= 0.3 is 0 Å². The zero-order valence-corrected chi connectivity index (χ0v) is 10.5. The van der Waals surface area contributed by atoms with Gasteiger partial charge in [0.2, 0.25) is 5.91 Å². The van der Waals surface area contributed by atoms with Gasteiger partial charge in [0.1, 0.15) is 5.75 Å². The van der Waals surface area contributed by atoms with Crippen LogP contribution in [0.4, 0.5) is 0 Å². The third-order valence-corrected chi connectivity index (χ3v) is 3.44. The van der Waals surface area contributed by atoms with Gasteiger partial charge in [-0.25, -0.2) is 0 Å². The fourth-order valence-electron chi connectivity index (χ4n) is 2.24. The van der Waals surface area contributed by atoms with Crippen LogP contribution in [0.15, 0.2) is 18.2 Å². The second kappa shape index (κ2) is 4.96. The van der Waals surface area contributed by atoms with Gasteiger partial charge in [-0.05, 0) is 48.4 Å². The predicted octanol–water partition coefficient (Wildman–Crippen LogP) is 2.72. The molecule has 2 rings (SSSR count). The Morgan fingerprint density at radius 3 is 2.82 bits per heavy atom. The highest BCUT2D eigenvalue weighted by atomic mass is 35.5. The van der Waals surface area contributed by atoms with Crippen LogP contribution in [-0.4, -0.2) is 13.0 Å². The molecule has 0 radical (unpaired) electrons. The van der Waals surface area contributed by atoms with E-state index in [0.29, 0.717) is 17.4 Å². The van der Waals surface area contributed by atoms with E-state index in [4.69, 9.17) is 22.1 Å². The number of methoxy groups -OCH3 is 1. The van der Waals surface area contributed by atoms with Gasteiger partial charge in [-0.1, -0.05) is 11.6 Å². The molecule has 0 bridgehead atoms. The smallest absolute Gasteiger partial charge is 0.218 e. The number of amides is 1. The standard InChI is InChI=1S/C13H16ClNO2/c1-17-12-5-4-9(14)6-11(12)10(7-13(15)16)8-2-3-8/h4-6,8,10H,2-3,7H2,1H3,(H2,15,16). The molecule has 4 heteroatoms. The highest BCUT2D eigenvalue weighted by Crippen LogP contribution is 2.47. The molecule has 2 N–H and O–H groups in total. The molecule has 1 aromatic rings. The molecule has 1 aliphatic carbocycles. The Kier molecular flexibility index (Phi) is 3.57. The molecular weight excluding hydrogens is 238 g/mol. The first kappa shape index (κ1) is 12.2. The lowest BCUT2D eigenvalue weighted by atomic mass is 9.90. The lowest BCUT2D eigenvalue weighted by Crippen LogP contribution is -2.17. The first-order valence-corrected chi connectivity index (χ1v) is 6.11. The highest BCUT2D eigenvalue weighted by molar-refractivity contribution is 6.30. The van der Waals surface area contributed by atoms with Crippen molar-refractivity contribution in [2.45, 2.75) is 25.2 Å². The molecule has 1 aromatic carbocycles. The fourth-order valence-corrected chi connectivity index (χ4v) is 2.42. The lowest BCUT2D eigenvalue weighted by molar-refractivity contribution is -0.118. The van der Waals surface area contributed by atoms with E-state index < -0.39 is 0 Å². The summed E-state index contributed by atoms with van der Waals surface area (Å²) in [5.74, 6) is 1.19. The normalized spacial score (nSPS) is 16.6. The van der Waals surface area contributed by atoms with Crippen LogP contribution in [-0.2, 0) is 4.79 Å². The van der Waals surface area contributed by atoms with Gasteiger partial charge in [0.15, 0.2) is 0 Å². The van der Waals surface area contributed by atoms with E-state index in [2.05, 4.69) is 0 Å². The van der Waals surface area contributed by atoms with E-state index in [0.717, 1.165) is 24.2 Å². The maximum absolute atomic E-state index is 11.1. The minimum Gasteiger partial charge on any atom is -0.496 e. The molecule has 1 fully saturated rings. The molecule has 92 valence electrons. The monoisotopic (exact) mass is 253 g/mol. The van der Waals surface area contributed by atoms with Gasteiger partial charge in [-0.2, -0.15) is 0 Å². The van der Waals surface area contributed by atoms with Crippen LogP contribution in [0.25, 0.3) is 0 Å². The molecule has 1 aliphatic rings. The molecule has 0 heterocycles. The zero-order chi connectivity index (χ0) is 12.4. The van der Waals surface area contributed by atoms with Gasteiger partial charge in [0, 0.05) is 11.4 Å². The van der Waals surface area contributed by atoms with E-state index in [1.165, 1.54) is 0 Å². The van der Waals surface area contributed by atoms with Crippen LogP contribution >= 0.6 is 11.6 Å². The van der Waals surface area contributed by atoms with Crippen molar-refractivity contribution in [3.05, 3.63) is 28.8 Å². The van der Waals surface area contributed by atoms with E-state index in [1.807, 2.05) is 12.1 Å². The lowest BCUT2D eigenvalue weighted by Gasteiger charge is -2.18. The molecule has 1 saturated carbocycles. The molecule has 3 nitrogen and oxygen atoms in total. The van der Waals surface area contributed by atoms with Crippen LogP contribution in [0, 0.1) is 5.92 Å². The van der Waals surface area contributed by atoms with Crippen molar-refractivity contribution in [1.29, 1.82) is 0 Å². The Bertz CT molecular complexity index is 429. The van der Waals surface area contributed by atoms with Crippen LogP contribution < -0.4 is 10.5 Å². The number of carbonyl (C=O) groups excluding carboxylic acids is 1. The zero-order valence-electron chi connectivity index (χ0n) is 9.78. The average molecular weight is 254 g/mol. The van der Waals surface area contributed by atoms with Crippen molar-refractivity contribution in [2.75, 3.05) is 7.11 Å². The van der Waals surface area contributed by atoms with Crippen LogP contribution in [0.3, 0.4) is 0 Å². The number of nitrogens with two attached hydrogens (primary N) is 1. The number of rotatable bonds is 5. The minimum atomic E-state index is -0.274. The van der Waals surface area contributed by atoms with Crippen molar-refractivity contribution in [2.24, 2.45) is 11.7 Å². The first-order valence-electron chi connectivity index (χ1n) is 5.73. The van der Waals surface area contributed by atoms with Crippen molar-refractivity contribution in [3.63, 3.8) is 0 Å². The Morgan fingerprint density at radius 2 is 2.29 bits per heavy atom. The third-order valence-electron chi connectivity index (χ3n) is 3.20. The van der Waals surface area contributed by atoms with Gasteiger partial charge in [0.05, 0.1) is 7.11 Å². The van der Waals surface area contributed by atoms with Crippen molar-refractivity contribution >= 4 is 17.5 Å². The Morgan fingerprint density at radius 1 is 1.59 bits per heavy atom. The average Bonchev–Trinajstić information content (AvgIpc) is 3.09. The molecule has 0 aliphatic heterocycles. The predicted molar refractivity (Wildman–Crippen MR) is 67.3 cm³/mol. The number of halogens is 1. The first-order chi connectivity index (χ1) is 8.11. The van der Waals surface area contributed by atoms with E-state index in [-0.39, 0.29) is 11.8 Å². The van der Waals surface area contributed by atoms with Crippen LogP contribution in [0.1, 0.15) is 30.7 Å². The number of benzene rings is 1. The second-order valence-corrected chi connectivity index (χ2v) is 4.94. The number of primary amides is 1. The third kappa shape index (κ3) is 2.91. The molecule has 0 spiro atoms. The van der Waals surface area contributed by atoms with Gasteiger partial charge in [-0.3, -0.25) is 4.79 Å². The summed E-state index contributed by atoms with van der Waals surface area (Å²) >= 11 is 6.01. The quantitative estimate of drug-likeness (QED) is 0.877. The Balaban J connectivity index is 2.33. The summed E-state index contributed by atoms with van der Waals surface area (Å²) in [6.07, 6.45) is 2.66. The number of hydrogen-bond donors (Lipinski definition) is 1. The second-order valence-electron chi connectivity index (χ2n) is 4.50. The van der Waals surface area contributed by atoms with E-state index in [9.17, 15) is 4.79 Å². The van der Waals surface area contributed by atoms with Gasteiger partial charge in [-0.15, -0.1) is 0 Å². The van der Waals surface area contributed by atoms with Crippen LogP contribution in [0.5, 0.6) is 5.75 Å². The largest absolute Gasteiger partial charge is 0.496 e. The summed E-state index contributed by atoms with van der Waals surface area (Å²) < 4.78 is 5.33. The van der Waals surface area contributed by atoms with Gasteiger partial charge < -0.3 is 10.5 Å². The van der Waals surface area contributed by atoms with E-state index in [1.54, 1.807) is 13.2 Å². The molecule has 1 atom stereocenters. The van der Waals surface area contributed by atoms with Crippen molar-refractivity contribution in [3.8, 4) is 5.75 Å². The molecule has 1 unspecified atom stereocenters. The Hall–Kier alpha value is -1.22.